The van der Waals surface area contributed by atoms with Crippen LogP contribution < -0.4 is 15.8 Å². The Balaban J connectivity index is 0.000000168. The van der Waals surface area contributed by atoms with Gasteiger partial charge >= 0.3 is 0 Å². The third-order valence-corrected chi connectivity index (χ3v) is 4.98. The van der Waals surface area contributed by atoms with E-state index in [0.29, 0.717) is 11.1 Å². The monoisotopic (exact) mass is 518 g/mol. The van der Waals surface area contributed by atoms with E-state index in [1.807, 2.05) is 0 Å². The van der Waals surface area contributed by atoms with Gasteiger partial charge in [0, 0.05) is 11.1 Å². The van der Waals surface area contributed by atoms with Crippen molar-refractivity contribution in [2.45, 2.75) is 0 Å². The molecule has 1 aliphatic heterocycles. The summed E-state index contributed by atoms with van der Waals surface area (Å²) in [5.74, 6) is -0.863. The number of nitrogens with one attached hydrogen (secondary N) is 1. The van der Waals surface area contributed by atoms with Crippen LogP contribution in [0.1, 0.15) is 0 Å². The molecule has 0 radical (unpaired) electrons. The van der Waals surface area contributed by atoms with E-state index in [1.165, 1.54) is 36.4 Å². The van der Waals surface area contributed by atoms with E-state index < -0.39 is 11.6 Å². The molecule has 2 aromatic carbocycles. The molecule has 0 spiro atoms. The molecular formula is C22H14Cl2F2N6O3. The average Bonchev–Trinajstić information content (AvgIpc) is 2.82. The number of rotatable bonds is 2. The minimum Gasteiger partial charge on any atom is -0.502 e. The normalized spacial score (nSPS) is 12.1. The van der Waals surface area contributed by atoms with E-state index in [0.717, 1.165) is 0 Å². The number of nitrogen functional groups attached to an aromatic ring is 1. The van der Waals surface area contributed by atoms with Crippen LogP contribution in [-0.4, -0.2) is 37.6 Å². The summed E-state index contributed by atoms with van der Waals surface area (Å²) in [4.78, 5) is 27.0. The maximum atomic E-state index is 13.2. The van der Waals surface area contributed by atoms with Gasteiger partial charge < -0.3 is 20.9 Å². The first kappa shape index (κ1) is 24.0. The summed E-state index contributed by atoms with van der Waals surface area (Å²) in [7, 11) is 0. The summed E-state index contributed by atoms with van der Waals surface area (Å²) in [5.41, 5.74) is 6.32. The first-order valence-corrected chi connectivity index (χ1v) is 10.5. The first-order chi connectivity index (χ1) is 16.7. The van der Waals surface area contributed by atoms with Crippen molar-refractivity contribution in [2.75, 3.05) is 17.7 Å². The number of anilines is 2. The van der Waals surface area contributed by atoms with Gasteiger partial charge in [0.15, 0.2) is 51.7 Å². The highest BCUT2D eigenvalue weighted by Gasteiger charge is 2.22. The second kappa shape index (κ2) is 10.0. The third kappa shape index (κ3) is 5.53. The maximum absolute atomic E-state index is 13.2. The summed E-state index contributed by atoms with van der Waals surface area (Å²) in [6.07, 6.45) is 0. The van der Waals surface area contributed by atoms with Gasteiger partial charge in [0.05, 0.1) is 0 Å². The number of hydrogen-bond acceptors (Lipinski definition) is 8. The van der Waals surface area contributed by atoms with Gasteiger partial charge in [-0.3, -0.25) is 4.79 Å². The summed E-state index contributed by atoms with van der Waals surface area (Å²) in [6, 6.07) is 11.5. The Morgan fingerprint density at radius 2 is 1.49 bits per heavy atom. The van der Waals surface area contributed by atoms with Crippen molar-refractivity contribution in [3.63, 3.8) is 0 Å². The molecular weight excluding hydrogens is 505 g/mol. The molecule has 0 aliphatic carbocycles. The lowest BCUT2D eigenvalue weighted by Crippen LogP contribution is -2.26. The Kier molecular flexibility index (Phi) is 6.90. The SMILES string of the molecule is Nc1nc(-c2cccc(F)c2)nc(Cl)c1O.O=C1COc2c(Cl)nc(-c3cccc(F)c3)nc2N1. The molecule has 9 nitrogen and oxygen atoms in total. The van der Waals surface area contributed by atoms with Gasteiger partial charge in [0.1, 0.15) is 11.6 Å². The minimum absolute atomic E-state index is 0.0734. The average molecular weight is 519 g/mol. The molecule has 1 aliphatic rings. The molecule has 0 fully saturated rings. The fourth-order valence-electron chi connectivity index (χ4n) is 2.90. The van der Waals surface area contributed by atoms with Gasteiger partial charge in [-0.25, -0.2) is 28.7 Å². The highest BCUT2D eigenvalue weighted by atomic mass is 35.5. The fourth-order valence-corrected chi connectivity index (χ4v) is 3.30. The first-order valence-electron chi connectivity index (χ1n) is 9.75. The number of amides is 1. The summed E-state index contributed by atoms with van der Waals surface area (Å²) >= 11 is 11.6. The number of nitrogens with zero attached hydrogens (tertiary/aromatic N) is 4. The van der Waals surface area contributed by atoms with E-state index >= 15 is 0 Å². The van der Waals surface area contributed by atoms with Crippen LogP contribution >= 0.6 is 23.2 Å². The number of aromatic nitrogens is 4. The molecule has 5 rings (SSSR count). The van der Waals surface area contributed by atoms with Crippen LogP contribution in [0.2, 0.25) is 10.3 Å². The number of carbonyl (C=O) groups is 1. The van der Waals surface area contributed by atoms with Crippen molar-refractivity contribution >= 4 is 40.7 Å². The van der Waals surface area contributed by atoms with Gasteiger partial charge in [-0.15, -0.1) is 0 Å². The Labute approximate surface area is 206 Å². The van der Waals surface area contributed by atoms with Crippen molar-refractivity contribution in [3.8, 4) is 34.3 Å². The summed E-state index contributed by atoms with van der Waals surface area (Å²) < 4.78 is 31.3. The van der Waals surface area contributed by atoms with Crippen LogP contribution in [0.4, 0.5) is 20.4 Å². The van der Waals surface area contributed by atoms with Crippen molar-refractivity contribution < 1.29 is 23.4 Å². The van der Waals surface area contributed by atoms with Crippen LogP contribution in [0, 0.1) is 11.6 Å². The number of halogens is 4. The molecule has 2 aromatic heterocycles. The smallest absolute Gasteiger partial charge is 0.263 e. The quantitative estimate of drug-likeness (QED) is 0.330. The Hall–Kier alpha value is -4.09. The topological polar surface area (TPSA) is 136 Å². The van der Waals surface area contributed by atoms with Crippen LogP contribution in [0.5, 0.6) is 11.5 Å². The molecule has 0 saturated carbocycles. The Morgan fingerprint density at radius 3 is 2.06 bits per heavy atom. The van der Waals surface area contributed by atoms with Crippen molar-refractivity contribution in [3.05, 3.63) is 70.5 Å². The number of hydrogen-bond donors (Lipinski definition) is 3. The molecule has 13 heteroatoms. The molecule has 35 heavy (non-hydrogen) atoms. The molecule has 4 aromatic rings. The predicted octanol–water partition coefficient (Wildman–Crippen LogP) is 4.49. The number of benzene rings is 2. The van der Waals surface area contributed by atoms with Gasteiger partial charge in [-0.2, -0.15) is 0 Å². The summed E-state index contributed by atoms with van der Waals surface area (Å²) in [6.45, 7) is -0.130. The lowest BCUT2D eigenvalue weighted by molar-refractivity contribution is -0.118. The lowest BCUT2D eigenvalue weighted by atomic mass is 10.2. The van der Waals surface area contributed by atoms with Crippen LogP contribution in [0.25, 0.3) is 22.8 Å². The number of fused-ring (bicyclic) bond motifs is 1. The van der Waals surface area contributed by atoms with Gasteiger partial charge in [-0.1, -0.05) is 47.5 Å². The highest BCUT2D eigenvalue weighted by Crippen LogP contribution is 2.34. The van der Waals surface area contributed by atoms with Crippen molar-refractivity contribution in [1.29, 1.82) is 0 Å². The zero-order valence-electron chi connectivity index (χ0n) is 17.5. The highest BCUT2D eigenvalue weighted by molar-refractivity contribution is 6.31. The molecule has 0 atom stereocenters. The van der Waals surface area contributed by atoms with Crippen LogP contribution in [0.3, 0.4) is 0 Å². The van der Waals surface area contributed by atoms with Gasteiger partial charge in [-0.05, 0) is 24.3 Å². The zero-order valence-corrected chi connectivity index (χ0v) is 19.0. The molecule has 3 heterocycles. The van der Waals surface area contributed by atoms with E-state index in [2.05, 4.69) is 25.3 Å². The molecule has 178 valence electrons. The number of nitrogens with two attached hydrogens (primary N) is 1. The zero-order chi connectivity index (χ0) is 25.1. The van der Waals surface area contributed by atoms with E-state index in [9.17, 15) is 18.7 Å². The van der Waals surface area contributed by atoms with Crippen LogP contribution in [-0.2, 0) is 4.79 Å². The largest absolute Gasteiger partial charge is 0.502 e. The second-order valence-corrected chi connectivity index (χ2v) is 7.66. The second-order valence-electron chi connectivity index (χ2n) is 6.95. The predicted molar refractivity (Wildman–Crippen MR) is 125 cm³/mol. The van der Waals surface area contributed by atoms with Gasteiger partial charge in [0.2, 0.25) is 0 Å². The number of aromatic hydroxyl groups is 1. The van der Waals surface area contributed by atoms with E-state index in [1.54, 1.807) is 12.1 Å². The molecule has 0 unspecified atom stereocenters. The van der Waals surface area contributed by atoms with Crippen molar-refractivity contribution in [1.82, 2.24) is 19.9 Å². The third-order valence-electron chi connectivity index (χ3n) is 4.46. The maximum Gasteiger partial charge on any atom is 0.263 e. The molecule has 1 amide bonds. The van der Waals surface area contributed by atoms with Crippen molar-refractivity contribution in [2.24, 2.45) is 0 Å². The van der Waals surface area contributed by atoms with E-state index in [4.69, 9.17) is 33.7 Å². The Morgan fingerprint density at radius 1 is 0.914 bits per heavy atom. The van der Waals surface area contributed by atoms with Crippen LogP contribution in [0.15, 0.2) is 48.5 Å². The number of ether oxygens (including phenoxy) is 1. The lowest BCUT2D eigenvalue weighted by Gasteiger charge is -2.18. The number of carbonyl (C=O) groups excluding carboxylic acids is 1. The standard InChI is InChI=1S/C12H7ClFN3O2.C10H7ClFN3O/c13-10-9-12(15-8(18)5-19-9)17-11(16-10)6-2-1-3-7(14)4-6;11-8-7(16)9(13)15-10(14-8)5-2-1-3-6(12)4-5/h1-4H,5H2,(H,15,16,17,18);1-4,16H,(H2,13,14,15). The van der Waals surface area contributed by atoms with Gasteiger partial charge in [0.25, 0.3) is 5.91 Å². The fraction of sp³-hybridized carbons (Fsp3) is 0.0455. The minimum atomic E-state index is -0.413. The molecule has 0 saturated heterocycles. The molecule has 0 bridgehead atoms. The Bertz CT molecular complexity index is 1420. The van der Waals surface area contributed by atoms with E-state index in [-0.39, 0.29) is 57.6 Å². The molecule has 4 N–H and O–H groups in total. The summed E-state index contributed by atoms with van der Waals surface area (Å²) in [5, 5.41) is 11.7.